The molecule has 2 aromatic heterocycles. The maximum absolute atomic E-state index is 15.7. The highest BCUT2D eigenvalue weighted by molar-refractivity contribution is 6.31. The van der Waals surface area contributed by atoms with Crippen LogP contribution in [0.5, 0.6) is 5.75 Å². The third-order valence-corrected chi connectivity index (χ3v) is 8.92. The van der Waals surface area contributed by atoms with Gasteiger partial charge in [0.2, 0.25) is 0 Å². The largest absolute Gasteiger partial charge is 0.490 e. The number of piperidine rings is 1. The van der Waals surface area contributed by atoms with Crippen molar-refractivity contribution in [2.45, 2.75) is 51.7 Å². The number of fused-ring (bicyclic) bond motifs is 1. The van der Waals surface area contributed by atoms with Crippen molar-refractivity contribution in [3.8, 4) is 5.75 Å². The fourth-order valence-electron chi connectivity index (χ4n) is 5.45. The zero-order chi connectivity index (χ0) is 26.7. The summed E-state index contributed by atoms with van der Waals surface area (Å²) in [6.07, 6.45) is 4.81. The lowest BCUT2D eigenvalue weighted by Gasteiger charge is -2.47. The van der Waals surface area contributed by atoms with Crippen LogP contribution in [0.2, 0.25) is 5.02 Å². The number of ether oxygens (including phenoxy) is 2. The number of carbonyl (C=O) groups excluding carboxylic acids is 1. The number of halogens is 2. The minimum absolute atomic E-state index is 0.113. The van der Waals surface area contributed by atoms with Gasteiger partial charge in [0, 0.05) is 51.7 Å². The van der Waals surface area contributed by atoms with Gasteiger partial charge >= 0.3 is 0 Å². The van der Waals surface area contributed by atoms with Crippen molar-refractivity contribution in [3.63, 3.8) is 0 Å². The lowest BCUT2D eigenvalue weighted by atomic mass is 9.76. The van der Waals surface area contributed by atoms with Crippen LogP contribution in [0.4, 0.5) is 10.2 Å². The second kappa shape index (κ2) is 9.25. The van der Waals surface area contributed by atoms with Crippen molar-refractivity contribution in [1.29, 1.82) is 0 Å². The number of hydrogen-bond acceptors (Lipinski definition) is 6. The van der Waals surface area contributed by atoms with E-state index in [2.05, 4.69) is 4.98 Å². The Morgan fingerprint density at radius 3 is 2.62 bits per heavy atom. The van der Waals surface area contributed by atoms with Gasteiger partial charge in [0.05, 0.1) is 30.0 Å². The first kappa shape index (κ1) is 25.9. The maximum Gasteiger partial charge on any atom is 0.260 e. The molecule has 2 fully saturated rings. The molecule has 11 heteroatoms. The van der Waals surface area contributed by atoms with E-state index in [-0.39, 0.29) is 27.9 Å². The molecule has 8 nitrogen and oxygen atoms in total. The molecule has 2 aliphatic heterocycles. The normalized spacial score (nSPS) is 18.8. The van der Waals surface area contributed by atoms with Crippen LogP contribution in [0.1, 0.15) is 61.1 Å². The van der Waals surface area contributed by atoms with Crippen molar-refractivity contribution in [2.75, 3.05) is 32.0 Å². The van der Waals surface area contributed by atoms with Gasteiger partial charge in [-0.15, -0.1) is 0 Å². The van der Waals surface area contributed by atoms with Gasteiger partial charge in [0.1, 0.15) is 28.5 Å². The Bertz CT molecular complexity index is 1380. The Morgan fingerprint density at radius 1 is 1.35 bits per heavy atom. The minimum atomic E-state index is -0.756. The molecule has 4 heterocycles. The van der Waals surface area contributed by atoms with Crippen LogP contribution >= 0.6 is 11.6 Å². The van der Waals surface area contributed by atoms with Gasteiger partial charge in [-0.2, -0.15) is 0 Å². The van der Waals surface area contributed by atoms with Crippen LogP contribution < -0.4 is 10.5 Å². The highest BCUT2D eigenvalue weighted by Gasteiger charge is 2.43. The van der Waals surface area contributed by atoms with Gasteiger partial charge in [-0.1, -0.05) is 18.5 Å². The first-order chi connectivity index (χ1) is 17.4. The monoisotopic (exact) mass is 545 g/mol. The Kier molecular flexibility index (Phi) is 6.48. The van der Waals surface area contributed by atoms with Crippen molar-refractivity contribution in [3.05, 3.63) is 51.9 Å². The fourth-order valence-corrected chi connectivity index (χ4v) is 6.37. The summed E-state index contributed by atoms with van der Waals surface area (Å²) in [6.45, 7) is 10.1. The number of amides is 1. The van der Waals surface area contributed by atoms with E-state index >= 15 is 4.39 Å². The number of nitrogen functional groups attached to an aromatic ring is 1. The van der Waals surface area contributed by atoms with Crippen LogP contribution in [0, 0.1) is 18.2 Å². The lowest BCUT2D eigenvalue weighted by molar-refractivity contribution is -0.136. The number of likely N-dealkylation sites (tertiary alicyclic amines) is 1. The molecule has 1 amide bonds. The molecule has 0 bridgehead atoms. The van der Waals surface area contributed by atoms with Gasteiger partial charge in [-0.3, -0.25) is 9.20 Å². The van der Waals surface area contributed by atoms with Gasteiger partial charge in [0.15, 0.2) is 5.82 Å². The van der Waals surface area contributed by atoms with E-state index < -0.39 is 16.8 Å². The van der Waals surface area contributed by atoms with Crippen LogP contribution in [-0.2, 0) is 9.78 Å². The summed E-state index contributed by atoms with van der Waals surface area (Å²) in [5.41, 5.74) is 8.28. The maximum atomic E-state index is 15.7. The van der Waals surface area contributed by atoms with Gasteiger partial charge in [-0.25, -0.2) is 14.4 Å². The smallest absolute Gasteiger partial charge is 0.260 e. The fraction of sp³-hybridized carbons (Fsp3) is 0.500. The molecule has 37 heavy (non-hydrogen) atoms. The zero-order valence-electron chi connectivity index (χ0n) is 21.9. The molecule has 1 atom stereocenters. The molecule has 0 unspecified atom stereocenters. The highest BCUT2D eigenvalue weighted by atomic mass is 35.5. The van der Waals surface area contributed by atoms with Crippen LogP contribution in [0.3, 0.4) is 0 Å². The van der Waals surface area contributed by atoms with E-state index in [0.717, 1.165) is 37.3 Å². The third-order valence-electron chi connectivity index (χ3n) is 7.66. The first-order valence-electron chi connectivity index (χ1n) is 12.6. The van der Waals surface area contributed by atoms with E-state index in [9.17, 15) is 4.79 Å². The predicted molar refractivity (Wildman–Crippen MR) is 144 cm³/mol. The molecule has 5 rings (SSSR count). The van der Waals surface area contributed by atoms with E-state index in [1.807, 2.05) is 38.3 Å². The predicted octanol–water partition coefficient (Wildman–Crippen LogP) is 3.08. The van der Waals surface area contributed by atoms with E-state index in [1.54, 1.807) is 17.2 Å². The number of imidazole rings is 1. The second-order valence-corrected chi connectivity index (χ2v) is 13.5. The number of benzene rings is 1. The van der Waals surface area contributed by atoms with Gasteiger partial charge < -0.3 is 20.1 Å². The zero-order valence-corrected chi connectivity index (χ0v) is 24.7. The third kappa shape index (κ3) is 4.28. The summed E-state index contributed by atoms with van der Waals surface area (Å²) in [5.74, 6) is 0.154. The highest BCUT2D eigenvalue weighted by Crippen LogP contribution is 2.44. The number of rotatable bonds is 5. The first-order valence-corrected chi connectivity index (χ1v) is 14.0. The molecule has 2 aliphatic rings. The number of nitrogens with zero attached hydrogens (tertiary/aromatic N) is 4. The van der Waals surface area contributed by atoms with Crippen molar-refractivity contribution in [2.24, 2.45) is 5.41 Å². The quantitative estimate of drug-likeness (QED) is 0.495. The molecule has 198 valence electrons. The Morgan fingerprint density at radius 2 is 2.03 bits per heavy atom. The standard InChI is InChI=1S/C26H33ClFN5O3Si/c1-14(2)36-21-16(25(4,37)24-31-15(3)20-22(29)30-7-10-33(20)24)11-17(27)19(28)18(21)23(34)32-8-5-26(6-9-32)12-35-13-26/h7,10-11,14H,5-6,8-9,12-13H2,1-4,37H3,(H2,29,30)/t25-/m0/s1. The molecule has 0 saturated carbocycles. The Balaban J connectivity index is 1.64. The van der Waals surface area contributed by atoms with Crippen LogP contribution in [0.25, 0.3) is 5.52 Å². The molecular weight excluding hydrogens is 513 g/mol. The minimum Gasteiger partial charge on any atom is -0.490 e. The van der Waals surface area contributed by atoms with E-state index in [4.69, 9.17) is 31.8 Å². The molecule has 2 N–H and O–H groups in total. The molecule has 3 aromatic rings. The van der Waals surface area contributed by atoms with E-state index in [0.29, 0.717) is 40.5 Å². The Hall–Kier alpha value is -2.69. The number of aromatic nitrogens is 3. The summed E-state index contributed by atoms with van der Waals surface area (Å²) in [7, 11) is 0.560. The number of carbonyl (C=O) groups is 1. The average Bonchev–Trinajstić information content (AvgIpc) is 3.18. The summed E-state index contributed by atoms with van der Waals surface area (Å²) in [6, 6.07) is 1.58. The Labute approximate surface area is 223 Å². The van der Waals surface area contributed by atoms with Crippen molar-refractivity contribution in [1.82, 2.24) is 19.3 Å². The lowest BCUT2D eigenvalue weighted by Crippen LogP contribution is -2.52. The molecule has 2 saturated heterocycles. The van der Waals surface area contributed by atoms with Crippen molar-refractivity contribution >= 4 is 39.1 Å². The molecular formula is C26H33ClFN5O3Si. The number of aryl methyl sites for hydroxylation is 1. The molecule has 0 radical (unpaired) electrons. The SMILES string of the molecule is Cc1nc([C@@](C)([SiH3])c2cc(Cl)c(F)c(C(=O)N3CCC4(CC3)COC4)c2OC(C)C)n2ccnc(N)c12. The summed E-state index contributed by atoms with van der Waals surface area (Å²) in [5, 5.41) is -0.812. The summed E-state index contributed by atoms with van der Waals surface area (Å²) < 4.78 is 29.3. The molecule has 1 spiro atoms. The number of hydrogen-bond donors (Lipinski definition) is 1. The topological polar surface area (TPSA) is 95.0 Å². The number of nitrogens with two attached hydrogens (primary N) is 1. The van der Waals surface area contributed by atoms with Gasteiger partial charge in [0.25, 0.3) is 5.91 Å². The summed E-state index contributed by atoms with van der Waals surface area (Å²) in [4.78, 5) is 24.6. The molecule has 1 aromatic carbocycles. The second-order valence-electron chi connectivity index (χ2n) is 11.1. The van der Waals surface area contributed by atoms with Gasteiger partial charge in [-0.05, 0) is 39.7 Å². The van der Waals surface area contributed by atoms with E-state index in [1.165, 1.54) is 0 Å². The average molecular weight is 546 g/mol. The summed E-state index contributed by atoms with van der Waals surface area (Å²) >= 11 is 6.47. The molecule has 0 aliphatic carbocycles. The van der Waals surface area contributed by atoms with Crippen LogP contribution in [-0.4, -0.2) is 67.8 Å². The van der Waals surface area contributed by atoms with Crippen LogP contribution in [0.15, 0.2) is 18.5 Å². The number of anilines is 1. The van der Waals surface area contributed by atoms with Crippen molar-refractivity contribution < 1.29 is 18.7 Å².